The van der Waals surface area contributed by atoms with E-state index in [-0.39, 0.29) is 0 Å². The van der Waals surface area contributed by atoms with E-state index in [1.807, 2.05) is 45.0 Å². The van der Waals surface area contributed by atoms with E-state index in [1.54, 1.807) is 6.92 Å². The van der Waals surface area contributed by atoms with Crippen molar-refractivity contribution in [2.75, 3.05) is 0 Å². The summed E-state index contributed by atoms with van der Waals surface area (Å²) in [6.07, 6.45) is 0. The summed E-state index contributed by atoms with van der Waals surface area (Å²) in [6.45, 7) is 7.65. The Hall–Kier alpha value is -1.31. The van der Waals surface area contributed by atoms with Gasteiger partial charge in [0.2, 0.25) is 0 Å². The molecule has 1 atom stereocenters. The van der Waals surface area contributed by atoms with Crippen molar-refractivity contribution in [1.82, 2.24) is 0 Å². The Morgan fingerprint density at radius 2 is 1.93 bits per heavy atom. The predicted octanol–water partition coefficient (Wildman–Crippen LogP) is 3.21. The van der Waals surface area contributed by atoms with Crippen molar-refractivity contribution >= 4 is 5.97 Å². The van der Waals surface area contributed by atoms with Gasteiger partial charge >= 0.3 is 5.97 Å². The lowest BCUT2D eigenvalue weighted by atomic mass is 10.00. The molecule has 1 N–H and O–H groups in total. The van der Waals surface area contributed by atoms with Gasteiger partial charge in [0, 0.05) is 0 Å². The van der Waals surface area contributed by atoms with Crippen molar-refractivity contribution in [1.29, 1.82) is 0 Å². The minimum Gasteiger partial charge on any atom is -0.481 e. The second-order valence-corrected chi connectivity index (χ2v) is 2.97. The molecule has 1 unspecified atom stereocenters. The lowest BCUT2D eigenvalue weighted by Crippen LogP contribution is -2.07. The SMILES string of the molecule is CC.Cc1cccc(C(C)C(=O)O)c1. The summed E-state index contributed by atoms with van der Waals surface area (Å²) >= 11 is 0. The maximum absolute atomic E-state index is 10.6. The third-order valence-electron chi connectivity index (χ3n) is 1.91. The third kappa shape index (κ3) is 3.60. The van der Waals surface area contributed by atoms with Crippen LogP contribution in [0.15, 0.2) is 24.3 Å². The van der Waals surface area contributed by atoms with Gasteiger partial charge in [-0.05, 0) is 19.4 Å². The van der Waals surface area contributed by atoms with E-state index >= 15 is 0 Å². The van der Waals surface area contributed by atoms with Crippen LogP contribution in [0.1, 0.15) is 37.8 Å². The summed E-state index contributed by atoms with van der Waals surface area (Å²) in [6, 6.07) is 7.58. The highest BCUT2D eigenvalue weighted by molar-refractivity contribution is 5.75. The van der Waals surface area contributed by atoms with Gasteiger partial charge in [0.25, 0.3) is 0 Å². The Bertz CT molecular complexity index is 292. The molecule has 0 aliphatic carbocycles. The summed E-state index contributed by atoms with van der Waals surface area (Å²) in [5.41, 5.74) is 1.96. The van der Waals surface area contributed by atoms with Crippen LogP contribution < -0.4 is 0 Å². The molecule has 78 valence electrons. The average Bonchev–Trinajstić information content (AvgIpc) is 2.19. The molecular formula is C12H18O2. The largest absolute Gasteiger partial charge is 0.481 e. The predicted molar refractivity (Wildman–Crippen MR) is 58.6 cm³/mol. The lowest BCUT2D eigenvalue weighted by Gasteiger charge is -2.06. The van der Waals surface area contributed by atoms with Gasteiger partial charge < -0.3 is 5.11 Å². The van der Waals surface area contributed by atoms with Crippen LogP contribution in [0.4, 0.5) is 0 Å². The van der Waals surface area contributed by atoms with Crippen molar-refractivity contribution in [3.05, 3.63) is 35.4 Å². The normalized spacial score (nSPS) is 11.1. The van der Waals surface area contributed by atoms with E-state index in [9.17, 15) is 4.79 Å². The maximum Gasteiger partial charge on any atom is 0.310 e. The molecule has 2 heteroatoms. The van der Waals surface area contributed by atoms with Gasteiger partial charge in [0.15, 0.2) is 0 Å². The smallest absolute Gasteiger partial charge is 0.310 e. The van der Waals surface area contributed by atoms with Crippen molar-refractivity contribution in [3.8, 4) is 0 Å². The molecule has 0 amide bonds. The molecule has 0 saturated carbocycles. The molecule has 0 aliphatic rings. The fraction of sp³-hybridized carbons (Fsp3) is 0.417. The summed E-state index contributed by atoms with van der Waals surface area (Å²) < 4.78 is 0. The minimum absolute atomic E-state index is 0.412. The number of carboxylic acids is 1. The number of rotatable bonds is 2. The first-order chi connectivity index (χ1) is 6.61. The molecule has 2 nitrogen and oxygen atoms in total. The van der Waals surface area contributed by atoms with Gasteiger partial charge in [0.05, 0.1) is 5.92 Å². The molecule has 0 aliphatic heterocycles. The molecule has 0 aromatic heterocycles. The number of carboxylic acid groups (broad SMARTS) is 1. The minimum atomic E-state index is -0.777. The molecular weight excluding hydrogens is 176 g/mol. The number of carbonyl (C=O) groups is 1. The molecule has 14 heavy (non-hydrogen) atoms. The lowest BCUT2D eigenvalue weighted by molar-refractivity contribution is -0.138. The van der Waals surface area contributed by atoms with Gasteiger partial charge in [-0.1, -0.05) is 43.7 Å². The Morgan fingerprint density at radius 3 is 2.36 bits per heavy atom. The van der Waals surface area contributed by atoms with Crippen molar-refractivity contribution < 1.29 is 9.90 Å². The first kappa shape index (κ1) is 12.7. The summed E-state index contributed by atoms with van der Waals surface area (Å²) in [5.74, 6) is -1.19. The van der Waals surface area contributed by atoms with Crippen molar-refractivity contribution in [2.45, 2.75) is 33.6 Å². The van der Waals surface area contributed by atoms with Crippen LogP contribution in [-0.2, 0) is 4.79 Å². The van der Waals surface area contributed by atoms with Crippen LogP contribution >= 0.6 is 0 Å². The highest BCUT2D eigenvalue weighted by Gasteiger charge is 2.12. The standard InChI is InChI=1S/C10H12O2.C2H6/c1-7-4-3-5-9(6-7)8(2)10(11)12;1-2/h3-6,8H,1-2H3,(H,11,12);1-2H3. The van der Waals surface area contributed by atoms with E-state index in [0.717, 1.165) is 11.1 Å². The van der Waals surface area contributed by atoms with E-state index in [4.69, 9.17) is 5.11 Å². The second-order valence-electron chi connectivity index (χ2n) is 2.97. The molecule has 0 saturated heterocycles. The van der Waals surface area contributed by atoms with Gasteiger partial charge in [-0.3, -0.25) is 4.79 Å². The van der Waals surface area contributed by atoms with Crippen LogP contribution in [0, 0.1) is 6.92 Å². The zero-order valence-corrected chi connectivity index (χ0v) is 9.24. The maximum atomic E-state index is 10.6. The van der Waals surface area contributed by atoms with Gasteiger partial charge in [-0.25, -0.2) is 0 Å². The molecule has 1 aromatic carbocycles. The number of hydrogen-bond donors (Lipinski definition) is 1. The highest BCUT2D eigenvalue weighted by Crippen LogP contribution is 2.15. The summed E-state index contributed by atoms with van der Waals surface area (Å²) in [4.78, 5) is 10.6. The first-order valence-corrected chi connectivity index (χ1v) is 4.90. The molecule has 0 fully saturated rings. The molecule has 0 spiro atoms. The average molecular weight is 194 g/mol. The molecule has 0 heterocycles. The van der Waals surface area contributed by atoms with Gasteiger partial charge in [0.1, 0.15) is 0 Å². The quantitative estimate of drug-likeness (QED) is 0.785. The monoisotopic (exact) mass is 194 g/mol. The van der Waals surface area contributed by atoms with E-state index in [1.165, 1.54) is 0 Å². The zero-order chi connectivity index (χ0) is 11.1. The van der Waals surface area contributed by atoms with Crippen molar-refractivity contribution in [2.24, 2.45) is 0 Å². The fourth-order valence-electron chi connectivity index (χ4n) is 1.08. The van der Waals surface area contributed by atoms with Crippen LogP contribution in [0.2, 0.25) is 0 Å². The van der Waals surface area contributed by atoms with Gasteiger partial charge in [-0.2, -0.15) is 0 Å². The first-order valence-electron chi connectivity index (χ1n) is 4.90. The molecule has 1 rings (SSSR count). The number of aryl methyl sites for hydroxylation is 1. The highest BCUT2D eigenvalue weighted by atomic mass is 16.4. The Morgan fingerprint density at radius 1 is 1.36 bits per heavy atom. The van der Waals surface area contributed by atoms with Crippen LogP contribution in [0.25, 0.3) is 0 Å². The summed E-state index contributed by atoms with van der Waals surface area (Å²) in [7, 11) is 0. The van der Waals surface area contributed by atoms with Crippen molar-refractivity contribution in [3.63, 3.8) is 0 Å². The molecule has 0 radical (unpaired) electrons. The summed E-state index contributed by atoms with van der Waals surface area (Å²) in [5, 5.41) is 8.73. The Balaban J connectivity index is 0.000000791. The molecule has 1 aromatic rings. The number of aliphatic carboxylic acids is 1. The fourth-order valence-corrected chi connectivity index (χ4v) is 1.08. The van der Waals surface area contributed by atoms with Gasteiger partial charge in [-0.15, -0.1) is 0 Å². The van der Waals surface area contributed by atoms with Crippen LogP contribution in [-0.4, -0.2) is 11.1 Å². The van der Waals surface area contributed by atoms with E-state index in [2.05, 4.69) is 0 Å². The second kappa shape index (κ2) is 6.19. The van der Waals surface area contributed by atoms with E-state index in [0.29, 0.717) is 0 Å². The topological polar surface area (TPSA) is 37.3 Å². The third-order valence-corrected chi connectivity index (χ3v) is 1.91. The molecule has 0 bridgehead atoms. The Kier molecular flexibility index (Phi) is 5.61. The number of benzene rings is 1. The zero-order valence-electron chi connectivity index (χ0n) is 9.24. The van der Waals surface area contributed by atoms with Crippen LogP contribution in [0.5, 0.6) is 0 Å². The number of hydrogen-bond acceptors (Lipinski definition) is 1. The van der Waals surface area contributed by atoms with Crippen LogP contribution in [0.3, 0.4) is 0 Å². The van der Waals surface area contributed by atoms with E-state index < -0.39 is 11.9 Å². The Labute approximate surface area is 85.6 Å².